The molecule has 1 aromatic rings. The van der Waals surface area contributed by atoms with Crippen LogP contribution in [0.5, 0.6) is 0 Å². The summed E-state index contributed by atoms with van der Waals surface area (Å²) in [5.74, 6) is 0.413. The lowest BCUT2D eigenvalue weighted by Gasteiger charge is -2.31. The Morgan fingerprint density at radius 1 is 1.38 bits per heavy atom. The summed E-state index contributed by atoms with van der Waals surface area (Å²) in [7, 11) is 1.95. The number of nitrogens with one attached hydrogen (secondary N) is 1. The Morgan fingerprint density at radius 3 is 2.62 bits per heavy atom. The van der Waals surface area contributed by atoms with E-state index in [-0.39, 0.29) is 17.9 Å². The summed E-state index contributed by atoms with van der Waals surface area (Å²) in [4.78, 5) is 28.8. The van der Waals surface area contributed by atoms with Crippen LogP contribution in [0.25, 0.3) is 0 Å². The summed E-state index contributed by atoms with van der Waals surface area (Å²) in [6, 6.07) is 3.36. The average molecular weight is 291 g/mol. The van der Waals surface area contributed by atoms with Gasteiger partial charge in [0.1, 0.15) is 11.3 Å². The predicted molar refractivity (Wildman–Crippen MR) is 76.8 cm³/mol. The second kappa shape index (κ2) is 4.34. The molecule has 2 aliphatic heterocycles. The van der Waals surface area contributed by atoms with Gasteiger partial charge in [-0.15, -0.1) is 0 Å². The SMILES string of the molecule is CN1C[C@H](c2ccco2)[C@]2(C1)NC(=O)N(C(C)(C)C)C2=O. The lowest BCUT2D eigenvalue weighted by molar-refractivity contribution is -0.134. The van der Waals surface area contributed by atoms with Crippen LogP contribution in [-0.2, 0) is 4.79 Å². The Morgan fingerprint density at radius 2 is 2.10 bits per heavy atom. The fourth-order valence-electron chi connectivity index (χ4n) is 3.43. The number of imide groups is 1. The van der Waals surface area contributed by atoms with Crippen LogP contribution in [0, 0.1) is 0 Å². The van der Waals surface area contributed by atoms with Crippen molar-refractivity contribution in [2.45, 2.75) is 37.8 Å². The maximum Gasteiger partial charge on any atom is 0.325 e. The van der Waals surface area contributed by atoms with Crippen molar-refractivity contribution in [2.75, 3.05) is 20.1 Å². The second-order valence-electron chi connectivity index (χ2n) is 6.98. The van der Waals surface area contributed by atoms with E-state index in [0.29, 0.717) is 13.1 Å². The first-order chi connectivity index (χ1) is 9.75. The zero-order valence-corrected chi connectivity index (χ0v) is 12.8. The molecule has 3 heterocycles. The average Bonchev–Trinajstić information content (AvgIpc) is 2.99. The van der Waals surface area contributed by atoms with Crippen molar-refractivity contribution in [3.05, 3.63) is 24.2 Å². The van der Waals surface area contributed by atoms with E-state index in [1.807, 2.05) is 40.0 Å². The quantitative estimate of drug-likeness (QED) is 0.794. The highest BCUT2D eigenvalue weighted by atomic mass is 16.3. The molecule has 3 amide bonds. The van der Waals surface area contributed by atoms with Gasteiger partial charge in [-0.3, -0.25) is 9.69 Å². The number of furan rings is 1. The van der Waals surface area contributed by atoms with E-state index >= 15 is 0 Å². The van der Waals surface area contributed by atoms with E-state index < -0.39 is 11.1 Å². The van der Waals surface area contributed by atoms with Crippen LogP contribution in [0.4, 0.5) is 4.79 Å². The maximum absolute atomic E-state index is 13.0. The van der Waals surface area contributed by atoms with Crippen molar-refractivity contribution in [1.29, 1.82) is 0 Å². The lowest BCUT2D eigenvalue weighted by Crippen LogP contribution is -2.54. The summed E-state index contributed by atoms with van der Waals surface area (Å²) in [5.41, 5.74) is -1.46. The Labute approximate surface area is 124 Å². The molecule has 114 valence electrons. The molecule has 2 fully saturated rings. The second-order valence-corrected chi connectivity index (χ2v) is 6.98. The molecule has 1 N–H and O–H groups in total. The third-order valence-corrected chi connectivity index (χ3v) is 4.28. The smallest absolute Gasteiger partial charge is 0.325 e. The molecule has 2 aliphatic rings. The number of rotatable bonds is 1. The summed E-state index contributed by atoms with van der Waals surface area (Å²) < 4.78 is 5.51. The summed E-state index contributed by atoms with van der Waals surface area (Å²) >= 11 is 0. The van der Waals surface area contributed by atoms with Crippen molar-refractivity contribution in [3.8, 4) is 0 Å². The van der Waals surface area contributed by atoms with Gasteiger partial charge in [-0.1, -0.05) is 0 Å². The molecule has 2 saturated heterocycles. The van der Waals surface area contributed by atoms with Crippen molar-refractivity contribution in [2.24, 2.45) is 0 Å². The number of likely N-dealkylation sites (tertiary alicyclic amines) is 1. The van der Waals surface area contributed by atoms with Gasteiger partial charge in [0.15, 0.2) is 0 Å². The molecule has 1 spiro atoms. The first-order valence-corrected chi connectivity index (χ1v) is 7.14. The molecular formula is C15H21N3O3. The molecule has 0 bridgehead atoms. The Bertz CT molecular complexity index is 575. The van der Waals surface area contributed by atoms with E-state index in [9.17, 15) is 9.59 Å². The largest absolute Gasteiger partial charge is 0.469 e. The van der Waals surface area contributed by atoms with Crippen LogP contribution in [0.15, 0.2) is 22.8 Å². The molecule has 6 heteroatoms. The molecule has 6 nitrogen and oxygen atoms in total. The van der Waals surface area contributed by atoms with Crippen molar-refractivity contribution in [1.82, 2.24) is 15.1 Å². The van der Waals surface area contributed by atoms with Gasteiger partial charge in [0, 0.05) is 18.6 Å². The Hall–Kier alpha value is -1.82. The van der Waals surface area contributed by atoms with Gasteiger partial charge >= 0.3 is 6.03 Å². The maximum atomic E-state index is 13.0. The molecule has 0 unspecified atom stereocenters. The molecular weight excluding hydrogens is 270 g/mol. The van der Waals surface area contributed by atoms with Crippen LogP contribution in [-0.4, -0.2) is 53.0 Å². The fraction of sp³-hybridized carbons (Fsp3) is 0.600. The monoisotopic (exact) mass is 291 g/mol. The highest BCUT2D eigenvalue weighted by molar-refractivity contribution is 6.08. The van der Waals surface area contributed by atoms with Crippen molar-refractivity contribution < 1.29 is 14.0 Å². The fourth-order valence-corrected chi connectivity index (χ4v) is 3.43. The van der Waals surface area contributed by atoms with Crippen LogP contribution in [0.2, 0.25) is 0 Å². The number of urea groups is 1. The predicted octanol–water partition coefficient (Wildman–Crippen LogP) is 1.40. The first-order valence-electron chi connectivity index (χ1n) is 7.14. The zero-order valence-electron chi connectivity index (χ0n) is 12.8. The zero-order chi connectivity index (χ0) is 15.4. The van der Waals surface area contributed by atoms with Crippen molar-refractivity contribution >= 4 is 11.9 Å². The minimum absolute atomic E-state index is 0.161. The topological polar surface area (TPSA) is 65.8 Å². The highest BCUT2D eigenvalue weighted by Gasteiger charge is 2.62. The van der Waals surface area contributed by atoms with Gasteiger partial charge in [0.2, 0.25) is 0 Å². The first kappa shape index (κ1) is 14.1. The molecule has 2 atom stereocenters. The summed E-state index contributed by atoms with van der Waals surface area (Å²) in [6.07, 6.45) is 1.60. The number of amides is 3. The summed E-state index contributed by atoms with van der Waals surface area (Å²) in [5, 5.41) is 2.94. The van der Waals surface area contributed by atoms with E-state index in [1.54, 1.807) is 6.26 Å². The molecule has 1 aromatic heterocycles. The molecule has 21 heavy (non-hydrogen) atoms. The van der Waals surface area contributed by atoms with Gasteiger partial charge < -0.3 is 14.6 Å². The van der Waals surface area contributed by atoms with Gasteiger partial charge in [0.25, 0.3) is 5.91 Å². The van der Waals surface area contributed by atoms with E-state index in [2.05, 4.69) is 10.2 Å². The standard InChI is InChI=1S/C15H21N3O3/c1-14(2,3)18-12(19)15(16-13(18)20)9-17(4)8-10(15)11-6-5-7-21-11/h5-7,10H,8-9H2,1-4H3,(H,16,20)/t10-,15+/m1/s1. The number of likely N-dealkylation sites (N-methyl/N-ethyl adjacent to an activating group) is 1. The van der Waals surface area contributed by atoms with Crippen molar-refractivity contribution in [3.63, 3.8) is 0 Å². The number of nitrogens with zero attached hydrogens (tertiary/aromatic N) is 2. The van der Waals surface area contributed by atoms with E-state index in [1.165, 1.54) is 4.90 Å². The number of hydrogen-bond acceptors (Lipinski definition) is 4. The lowest BCUT2D eigenvalue weighted by atomic mass is 9.84. The molecule has 0 saturated carbocycles. The molecule has 0 radical (unpaired) electrons. The minimum atomic E-state index is -0.920. The van der Waals surface area contributed by atoms with Crippen LogP contribution >= 0.6 is 0 Å². The van der Waals surface area contributed by atoms with Crippen LogP contribution < -0.4 is 5.32 Å². The third kappa shape index (κ3) is 1.97. The number of hydrogen-bond donors (Lipinski definition) is 1. The summed E-state index contributed by atoms with van der Waals surface area (Å²) in [6.45, 7) is 6.77. The number of carbonyl (C=O) groups is 2. The molecule has 0 aliphatic carbocycles. The van der Waals surface area contributed by atoms with E-state index in [0.717, 1.165) is 5.76 Å². The third-order valence-electron chi connectivity index (χ3n) is 4.28. The Kier molecular flexibility index (Phi) is 2.92. The highest BCUT2D eigenvalue weighted by Crippen LogP contribution is 2.41. The van der Waals surface area contributed by atoms with Gasteiger partial charge in [-0.2, -0.15) is 0 Å². The van der Waals surface area contributed by atoms with Gasteiger partial charge in [-0.25, -0.2) is 4.79 Å². The van der Waals surface area contributed by atoms with E-state index in [4.69, 9.17) is 4.42 Å². The van der Waals surface area contributed by atoms with Crippen LogP contribution in [0.1, 0.15) is 32.4 Å². The molecule has 3 rings (SSSR count). The van der Waals surface area contributed by atoms with Gasteiger partial charge in [-0.05, 0) is 40.0 Å². The van der Waals surface area contributed by atoms with Crippen LogP contribution in [0.3, 0.4) is 0 Å². The minimum Gasteiger partial charge on any atom is -0.469 e. The molecule has 0 aromatic carbocycles. The van der Waals surface area contributed by atoms with Gasteiger partial charge in [0.05, 0.1) is 12.2 Å². The Balaban J connectivity index is 2.04. The normalized spacial score (nSPS) is 30.5. The number of carbonyl (C=O) groups excluding carboxylic acids is 2.